The predicted molar refractivity (Wildman–Crippen MR) is 109 cm³/mol. The van der Waals surface area contributed by atoms with Crippen LogP contribution in [-0.4, -0.2) is 88.2 Å². The van der Waals surface area contributed by atoms with Crippen LogP contribution < -0.4 is 10.6 Å². The fraction of sp³-hybridized carbons (Fsp3) is 0.875. The zero-order chi connectivity index (χ0) is 17.1. The minimum absolute atomic E-state index is 0. The second kappa shape index (κ2) is 13.7. The Labute approximate surface area is 163 Å². The lowest BCUT2D eigenvalue weighted by atomic mass is 10.3. The molecule has 24 heavy (non-hydrogen) atoms. The number of guanidine groups is 1. The first-order valence-electron chi connectivity index (χ1n) is 8.53. The Bertz CT molecular complexity index is 381. The van der Waals surface area contributed by atoms with Gasteiger partial charge in [-0.3, -0.25) is 9.79 Å². The van der Waals surface area contributed by atoms with E-state index in [2.05, 4.69) is 27.6 Å². The van der Waals surface area contributed by atoms with Crippen molar-refractivity contribution in [3.63, 3.8) is 0 Å². The first-order valence-corrected chi connectivity index (χ1v) is 8.53. The van der Waals surface area contributed by atoms with Crippen molar-refractivity contribution in [2.75, 3.05) is 60.5 Å². The summed E-state index contributed by atoms with van der Waals surface area (Å²) in [6, 6.07) is 0.293. The number of nitrogens with zero attached hydrogens (tertiary/aromatic N) is 3. The number of nitrogens with one attached hydrogen (secondary N) is 2. The van der Waals surface area contributed by atoms with Gasteiger partial charge in [-0.2, -0.15) is 0 Å². The number of ether oxygens (including phenoxy) is 1. The van der Waals surface area contributed by atoms with Gasteiger partial charge in [0, 0.05) is 52.8 Å². The first-order chi connectivity index (χ1) is 11.1. The quantitative estimate of drug-likeness (QED) is 0.233. The van der Waals surface area contributed by atoms with Crippen LogP contribution >= 0.6 is 24.0 Å². The molecule has 0 spiro atoms. The van der Waals surface area contributed by atoms with E-state index in [9.17, 15) is 4.79 Å². The van der Waals surface area contributed by atoms with Gasteiger partial charge in [0.1, 0.15) is 0 Å². The van der Waals surface area contributed by atoms with Crippen molar-refractivity contribution < 1.29 is 9.53 Å². The molecule has 0 bridgehead atoms. The van der Waals surface area contributed by atoms with Crippen LogP contribution in [-0.2, 0) is 9.53 Å². The molecule has 1 amide bonds. The van der Waals surface area contributed by atoms with Gasteiger partial charge in [-0.05, 0) is 26.4 Å². The highest BCUT2D eigenvalue weighted by Crippen LogP contribution is 2.10. The smallest absolute Gasteiger partial charge is 0.222 e. The Balaban J connectivity index is 0.00000529. The van der Waals surface area contributed by atoms with Gasteiger partial charge in [0.25, 0.3) is 0 Å². The molecule has 1 aliphatic rings. The largest absolute Gasteiger partial charge is 0.383 e. The number of hydrogen-bond donors (Lipinski definition) is 2. The maximum absolute atomic E-state index is 11.7. The average molecular weight is 455 g/mol. The zero-order valence-corrected chi connectivity index (χ0v) is 17.8. The standard InChI is InChI=1S/C16H33N5O2.HI/c1-5-15(22)21-10-7-14(13-21)19-16(17-2)18-8-6-9-20(3)11-12-23-4;/h14H,5-13H2,1-4H3,(H2,17,18,19);1H. The third-order valence-electron chi connectivity index (χ3n) is 4.09. The highest BCUT2D eigenvalue weighted by Gasteiger charge is 2.25. The van der Waals surface area contributed by atoms with E-state index in [0.717, 1.165) is 58.1 Å². The van der Waals surface area contributed by atoms with Crippen LogP contribution in [0.1, 0.15) is 26.2 Å². The summed E-state index contributed by atoms with van der Waals surface area (Å²) in [6.45, 7) is 7.14. The van der Waals surface area contributed by atoms with E-state index in [1.165, 1.54) is 0 Å². The summed E-state index contributed by atoms with van der Waals surface area (Å²) in [5.74, 6) is 1.05. The van der Waals surface area contributed by atoms with E-state index >= 15 is 0 Å². The Kier molecular flexibility index (Phi) is 13.3. The normalized spacial score (nSPS) is 17.8. The molecule has 142 valence electrons. The van der Waals surface area contributed by atoms with E-state index in [-0.39, 0.29) is 29.9 Å². The Morgan fingerprint density at radius 1 is 1.42 bits per heavy atom. The fourth-order valence-electron chi connectivity index (χ4n) is 2.63. The summed E-state index contributed by atoms with van der Waals surface area (Å²) in [5.41, 5.74) is 0. The molecule has 1 fully saturated rings. The van der Waals surface area contributed by atoms with Crippen LogP contribution in [0.15, 0.2) is 4.99 Å². The highest BCUT2D eigenvalue weighted by atomic mass is 127. The molecule has 1 heterocycles. The van der Waals surface area contributed by atoms with Crippen LogP contribution in [0.25, 0.3) is 0 Å². The van der Waals surface area contributed by atoms with Crippen molar-refractivity contribution in [1.82, 2.24) is 20.4 Å². The Morgan fingerprint density at radius 3 is 2.79 bits per heavy atom. The third-order valence-corrected chi connectivity index (χ3v) is 4.09. The van der Waals surface area contributed by atoms with Crippen molar-refractivity contribution in [2.45, 2.75) is 32.2 Å². The van der Waals surface area contributed by atoms with E-state index in [4.69, 9.17) is 4.74 Å². The molecule has 0 aromatic carbocycles. The highest BCUT2D eigenvalue weighted by molar-refractivity contribution is 14.0. The minimum atomic E-state index is 0. The van der Waals surface area contributed by atoms with Gasteiger partial charge < -0.3 is 25.2 Å². The number of likely N-dealkylation sites (tertiary alicyclic amines) is 1. The minimum Gasteiger partial charge on any atom is -0.383 e. The number of amides is 1. The van der Waals surface area contributed by atoms with Crippen molar-refractivity contribution in [3.05, 3.63) is 0 Å². The molecule has 0 aromatic heterocycles. The predicted octanol–water partition coefficient (Wildman–Crippen LogP) is 0.749. The van der Waals surface area contributed by atoms with Crippen LogP contribution in [0.2, 0.25) is 0 Å². The van der Waals surface area contributed by atoms with Crippen molar-refractivity contribution >= 4 is 35.8 Å². The molecule has 0 aromatic rings. The van der Waals surface area contributed by atoms with E-state index in [1.54, 1.807) is 14.2 Å². The summed E-state index contributed by atoms with van der Waals surface area (Å²) < 4.78 is 5.07. The number of rotatable bonds is 9. The summed E-state index contributed by atoms with van der Waals surface area (Å²) in [4.78, 5) is 20.2. The summed E-state index contributed by atoms with van der Waals surface area (Å²) in [7, 11) is 5.61. The Morgan fingerprint density at radius 2 is 2.17 bits per heavy atom. The molecule has 0 saturated carbocycles. The molecule has 0 aliphatic carbocycles. The first kappa shape index (κ1) is 23.4. The summed E-state index contributed by atoms with van der Waals surface area (Å²) in [5, 5.41) is 6.75. The van der Waals surface area contributed by atoms with Crippen LogP contribution in [0.4, 0.5) is 0 Å². The number of likely N-dealkylation sites (N-methyl/N-ethyl adjacent to an activating group) is 1. The second-order valence-corrected chi connectivity index (χ2v) is 5.97. The molecule has 1 aliphatic heterocycles. The SMILES string of the molecule is CCC(=O)N1CCC(NC(=NC)NCCCN(C)CCOC)C1.I. The van der Waals surface area contributed by atoms with Crippen LogP contribution in [0.3, 0.4) is 0 Å². The van der Waals surface area contributed by atoms with Gasteiger partial charge >= 0.3 is 0 Å². The van der Waals surface area contributed by atoms with Crippen molar-refractivity contribution in [3.8, 4) is 0 Å². The van der Waals surface area contributed by atoms with Crippen LogP contribution in [0.5, 0.6) is 0 Å². The number of carbonyl (C=O) groups excluding carboxylic acids is 1. The van der Waals surface area contributed by atoms with Gasteiger partial charge in [0.15, 0.2) is 5.96 Å². The number of methoxy groups -OCH3 is 1. The number of aliphatic imine (C=N–C) groups is 1. The second-order valence-electron chi connectivity index (χ2n) is 5.97. The van der Waals surface area contributed by atoms with E-state index in [1.807, 2.05) is 11.8 Å². The zero-order valence-electron chi connectivity index (χ0n) is 15.5. The van der Waals surface area contributed by atoms with E-state index < -0.39 is 0 Å². The maximum atomic E-state index is 11.7. The number of hydrogen-bond acceptors (Lipinski definition) is 4. The van der Waals surface area contributed by atoms with Gasteiger partial charge in [-0.15, -0.1) is 24.0 Å². The number of carbonyl (C=O) groups is 1. The molecule has 8 heteroatoms. The molecular weight excluding hydrogens is 421 g/mol. The van der Waals surface area contributed by atoms with Crippen LogP contribution in [0, 0.1) is 0 Å². The molecule has 0 radical (unpaired) electrons. The number of halogens is 1. The van der Waals surface area contributed by atoms with Crippen molar-refractivity contribution in [2.24, 2.45) is 4.99 Å². The molecule has 1 rings (SSSR count). The molecular formula is C16H34IN5O2. The third kappa shape index (κ3) is 9.03. The topological polar surface area (TPSA) is 69.2 Å². The molecule has 2 N–H and O–H groups in total. The lowest BCUT2D eigenvalue weighted by Gasteiger charge is -2.19. The monoisotopic (exact) mass is 455 g/mol. The molecule has 1 unspecified atom stereocenters. The molecule has 1 saturated heterocycles. The molecule has 1 atom stereocenters. The van der Waals surface area contributed by atoms with Gasteiger partial charge in [0.05, 0.1) is 6.61 Å². The van der Waals surface area contributed by atoms with Gasteiger partial charge in [-0.25, -0.2) is 0 Å². The van der Waals surface area contributed by atoms with E-state index in [0.29, 0.717) is 12.5 Å². The Hall–Kier alpha value is -0.610. The summed E-state index contributed by atoms with van der Waals surface area (Å²) in [6.07, 6.45) is 2.61. The van der Waals surface area contributed by atoms with Gasteiger partial charge in [0.2, 0.25) is 5.91 Å². The maximum Gasteiger partial charge on any atom is 0.222 e. The lowest BCUT2D eigenvalue weighted by molar-refractivity contribution is -0.129. The fourth-order valence-corrected chi connectivity index (χ4v) is 2.63. The van der Waals surface area contributed by atoms with Gasteiger partial charge in [-0.1, -0.05) is 6.92 Å². The van der Waals surface area contributed by atoms with Crippen molar-refractivity contribution in [1.29, 1.82) is 0 Å². The lowest BCUT2D eigenvalue weighted by Crippen LogP contribution is -2.45. The summed E-state index contributed by atoms with van der Waals surface area (Å²) >= 11 is 0. The average Bonchev–Trinajstić information content (AvgIpc) is 3.03. The molecule has 7 nitrogen and oxygen atoms in total.